The van der Waals surface area contributed by atoms with E-state index in [0.717, 1.165) is 36.8 Å². The Morgan fingerprint density at radius 2 is 1.85 bits per heavy atom. The molecule has 2 amide bonds. The van der Waals surface area contributed by atoms with Gasteiger partial charge in [-0.3, -0.25) is 20.1 Å². The van der Waals surface area contributed by atoms with Crippen LogP contribution in [0.25, 0.3) is 0 Å². The fraction of sp³-hybridized carbons (Fsp3) is 0.462. The molecule has 7 heteroatoms. The van der Waals surface area contributed by atoms with Gasteiger partial charge in [-0.15, -0.1) is 0 Å². The van der Waals surface area contributed by atoms with E-state index in [0.29, 0.717) is 30.3 Å². The summed E-state index contributed by atoms with van der Waals surface area (Å²) in [6, 6.07) is 14.2. The highest BCUT2D eigenvalue weighted by Crippen LogP contribution is 2.33. The molecule has 2 atom stereocenters. The van der Waals surface area contributed by atoms with Crippen LogP contribution in [-0.2, 0) is 16.1 Å². The third-order valence-electron chi connectivity index (χ3n) is 6.71. The van der Waals surface area contributed by atoms with Crippen molar-refractivity contribution in [1.29, 1.82) is 0 Å². The molecule has 33 heavy (non-hydrogen) atoms. The summed E-state index contributed by atoms with van der Waals surface area (Å²) in [6.45, 7) is 2.54. The molecule has 2 aromatic carbocycles. The second-order valence-electron chi connectivity index (χ2n) is 9.18. The van der Waals surface area contributed by atoms with Crippen molar-refractivity contribution in [1.82, 2.24) is 10.8 Å². The number of hydroxylamine groups is 1. The number of aryl methyl sites for hydroxylation is 1. The van der Waals surface area contributed by atoms with Crippen molar-refractivity contribution in [3.8, 4) is 5.75 Å². The molecule has 1 heterocycles. The van der Waals surface area contributed by atoms with Gasteiger partial charge >= 0.3 is 0 Å². The first-order chi connectivity index (χ1) is 16.0. The lowest BCUT2D eigenvalue weighted by Crippen LogP contribution is -2.56. The lowest BCUT2D eigenvalue weighted by atomic mass is 9.84. The predicted octanol–water partition coefficient (Wildman–Crippen LogP) is 3.72. The van der Waals surface area contributed by atoms with Crippen LogP contribution in [-0.4, -0.2) is 35.7 Å². The third-order valence-corrected chi connectivity index (χ3v) is 6.71. The van der Waals surface area contributed by atoms with Crippen LogP contribution >= 0.6 is 0 Å². The number of fused-ring (bicyclic) bond motifs is 1. The van der Waals surface area contributed by atoms with E-state index in [1.807, 2.05) is 55.5 Å². The average Bonchev–Trinajstić information content (AvgIpc) is 2.97. The summed E-state index contributed by atoms with van der Waals surface area (Å²) in [5.74, 6) is 0.369. The third kappa shape index (κ3) is 5.72. The number of para-hydroxylation sites is 2. The molecule has 2 aromatic rings. The Labute approximate surface area is 195 Å². The Hall–Kier alpha value is -2.90. The van der Waals surface area contributed by atoms with Crippen molar-refractivity contribution in [2.24, 2.45) is 5.92 Å². The number of rotatable bonds is 7. The molecule has 0 unspecified atom stereocenters. The summed E-state index contributed by atoms with van der Waals surface area (Å²) in [5, 5.41) is 12.5. The Balaban J connectivity index is 1.56. The molecule has 0 saturated heterocycles. The molecule has 0 spiro atoms. The second-order valence-corrected chi connectivity index (χ2v) is 9.18. The molecular formula is C26H33N3O4. The molecule has 4 rings (SSSR count). The van der Waals surface area contributed by atoms with Crippen LogP contribution in [0.5, 0.6) is 5.75 Å². The minimum Gasteiger partial charge on any atom is -0.489 e. The molecule has 1 fully saturated rings. The first-order valence-corrected chi connectivity index (χ1v) is 11.8. The smallest absolute Gasteiger partial charge is 0.260 e. The molecule has 3 N–H and O–H groups in total. The molecule has 2 aliphatic rings. The van der Waals surface area contributed by atoms with Crippen molar-refractivity contribution >= 4 is 17.5 Å². The van der Waals surface area contributed by atoms with Crippen LogP contribution in [0.3, 0.4) is 0 Å². The number of carbonyl (C=O) groups is 2. The Morgan fingerprint density at radius 1 is 1.12 bits per heavy atom. The number of hydrogen-bond acceptors (Lipinski definition) is 5. The standard InChI is InChI=1S/C26H33N3O4/c1-18-11-13-20(14-12-18)16-29-23-9-5-6-10-24(23)33-17-22(26(29)31)27-21(25(30)28-32)15-19-7-3-2-4-8-19/h5-6,9-14,19,21-22,27,32H,2-4,7-8,15-17H2,1H3,(H,28,30)/t21-,22-/m0/s1. The Kier molecular flexibility index (Phi) is 7.62. The maximum atomic E-state index is 13.7. The van der Waals surface area contributed by atoms with Gasteiger partial charge in [-0.05, 0) is 37.0 Å². The van der Waals surface area contributed by atoms with Gasteiger partial charge in [0, 0.05) is 0 Å². The monoisotopic (exact) mass is 451 g/mol. The minimum atomic E-state index is -0.714. The molecule has 176 valence electrons. The molecule has 7 nitrogen and oxygen atoms in total. The number of carbonyl (C=O) groups excluding carboxylic acids is 2. The molecule has 1 saturated carbocycles. The first-order valence-electron chi connectivity index (χ1n) is 11.8. The predicted molar refractivity (Wildman–Crippen MR) is 126 cm³/mol. The van der Waals surface area contributed by atoms with Crippen molar-refractivity contribution in [3.63, 3.8) is 0 Å². The SMILES string of the molecule is Cc1ccc(CN2C(=O)[C@@H](N[C@@H](CC3CCCCC3)C(=O)NO)COc3ccccc32)cc1. The first kappa shape index (κ1) is 23.3. The van der Waals surface area contributed by atoms with Crippen LogP contribution < -0.4 is 20.4 Å². The zero-order valence-electron chi connectivity index (χ0n) is 19.1. The number of benzene rings is 2. The van der Waals surface area contributed by atoms with Crippen LogP contribution in [0.1, 0.15) is 49.7 Å². The summed E-state index contributed by atoms with van der Waals surface area (Å²) in [4.78, 5) is 27.9. The quantitative estimate of drug-likeness (QED) is 0.441. The Morgan fingerprint density at radius 3 is 2.58 bits per heavy atom. The maximum absolute atomic E-state index is 13.7. The number of nitrogens with zero attached hydrogens (tertiary/aromatic N) is 1. The topological polar surface area (TPSA) is 90.9 Å². The van der Waals surface area contributed by atoms with E-state index in [4.69, 9.17) is 4.74 Å². The molecule has 1 aliphatic heterocycles. The van der Waals surface area contributed by atoms with Crippen molar-refractivity contribution < 1.29 is 19.5 Å². The van der Waals surface area contributed by atoms with Gasteiger partial charge in [0.25, 0.3) is 5.91 Å². The largest absolute Gasteiger partial charge is 0.489 e. The summed E-state index contributed by atoms with van der Waals surface area (Å²) in [7, 11) is 0. The number of anilines is 1. The zero-order chi connectivity index (χ0) is 23.2. The number of nitrogens with one attached hydrogen (secondary N) is 2. The van der Waals surface area contributed by atoms with Crippen molar-refractivity contribution in [2.75, 3.05) is 11.5 Å². The van der Waals surface area contributed by atoms with Gasteiger partial charge in [-0.2, -0.15) is 0 Å². The van der Waals surface area contributed by atoms with E-state index in [1.165, 1.54) is 6.42 Å². The van der Waals surface area contributed by atoms with Gasteiger partial charge in [-0.25, -0.2) is 5.48 Å². The Bertz CT molecular complexity index is 956. The van der Waals surface area contributed by atoms with Gasteiger partial charge in [-0.1, -0.05) is 74.1 Å². The fourth-order valence-electron chi connectivity index (χ4n) is 4.84. The van der Waals surface area contributed by atoms with Gasteiger partial charge in [0.1, 0.15) is 18.4 Å². The second kappa shape index (κ2) is 10.8. The molecular weight excluding hydrogens is 418 g/mol. The van der Waals surface area contributed by atoms with E-state index in [2.05, 4.69) is 5.32 Å². The maximum Gasteiger partial charge on any atom is 0.260 e. The van der Waals surface area contributed by atoms with E-state index >= 15 is 0 Å². The molecule has 0 radical (unpaired) electrons. The highest BCUT2D eigenvalue weighted by molar-refractivity contribution is 5.99. The van der Waals surface area contributed by atoms with Crippen molar-refractivity contribution in [3.05, 3.63) is 59.7 Å². The normalized spacial score (nSPS) is 19.9. The van der Waals surface area contributed by atoms with Crippen LogP contribution in [0.15, 0.2) is 48.5 Å². The van der Waals surface area contributed by atoms with Gasteiger partial charge in [0.2, 0.25) is 5.91 Å². The molecule has 0 bridgehead atoms. The zero-order valence-corrected chi connectivity index (χ0v) is 19.1. The minimum absolute atomic E-state index is 0.111. The number of ether oxygens (including phenoxy) is 1. The van der Waals surface area contributed by atoms with Gasteiger partial charge in [0.15, 0.2) is 0 Å². The van der Waals surface area contributed by atoms with Crippen LogP contribution in [0.2, 0.25) is 0 Å². The summed E-state index contributed by atoms with van der Waals surface area (Å²) in [6.07, 6.45) is 6.25. The van der Waals surface area contributed by atoms with Crippen LogP contribution in [0, 0.1) is 12.8 Å². The van der Waals surface area contributed by atoms with E-state index in [9.17, 15) is 14.8 Å². The highest BCUT2D eigenvalue weighted by Gasteiger charge is 2.35. The van der Waals surface area contributed by atoms with Gasteiger partial charge in [0.05, 0.1) is 18.3 Å². The summed E-state index contributed by atoms with van der Waals surface area (Å²) in [5.41, 5.74) is 4.66. The molecule has 0 aromatic heterocycles. The van der Waals surface area contributed by atoms with Crippen LogP contribution in [0.4, 0.5) is 5.69 Å². The lowest BCUT2D eigenvalue weighted by Gasteiger charge is -2.30. The lowest BCUT2D eigenvalue weighted by molar-refractivity contribution is -0.132. The van der Waals surface area contributed by atoms with Gasteiger partial charge < -0.3 is 9.64 Å². The highest BCUT2D eigenvalue weighted by atomic mass is 16.5. The van der Waals surface area contributed by atoms with Crippen molar-refractivity contribution in [2.45, 2.75) is 64.1 Å². The number of amides is 2. The fourth-order valence-corrected chi connectivity index (χ4v) is 4.84. The molecule has 1 aliphatic carbocycles. The van der Waals surface area contributed by atoms with E-state index in [1.54, 1.807) is 10.4 Å². The van der Waals surface area contributed by atoms with E-state index < -0.39 is 18.0 Å². The number of hydrogen-bond donors (Lipinski definition) is 3. The average molecular weight is 452 g/mol. The summed E-state index contributed by atoms with van der Waals surface area (Å²) >= 11 is 0. The van der Waals surface area contributed by atoms with E-state index in [-0.39, 0.29) is 12.5 Å². The summed E-state index contributed by atoms with van der Waals surface area (Å²) < 4.78 is 6.00.